The molecule has 0 nitrogen and oxygen atoms in total. The van der Waals surface area contributed by atoms with Crippen molar-refractivity contribution >= 4 is 6.08 Å². The van der Waals surface area contributed by atoms with E-state index in [0.717, 1.165) is 0 Å². The molecule has 14 heavy (non-hydrogen) atoms. The molecule has 0 radical (unpaired) electrons. The zero-order valence-corrected chi connectivity index (χ0v) is 9.73. The first-order valence-corrected chi connectivity index (χ1v) is 5.31. The summed E-state index contributed by atoms with van der Waals surface area (Å²) in [7, 11) is 0. The fraction of sp³-hybridized carbons (Fsp3) is 0.429. The molecule has 2 rings (SSSR count). The molecule has 1 aliphatic rings. The maximum atomic E-state index is 2.33. The van der Waals surface area contributed by atoms with E-state index < -0.39 is 0 Å². The van der Waals surface area contributed by atoms with Crippen LogP contribution in [0.3, 0.4) is 0 Å². The lowest BCUT2D eigenvalue weighted by atomic mass is 9.90. The van der Waals surface area contributed by atoms with Gasteiger partial charge in [-0.1, -0.05) is 24.6 Å². The smallest absolute Gasteiger partial charge is 0.00290 e. The van der Waals surface area contributed by atoms with Gasteiger partial charge in [0.2, 0.25) is 0 Å². The Bertz CT molecular complexity index is 422. The molecule has 1 atom stereocenters. The van der Waals surface area contributed by atoms with E-state index in [0.29, 0.717) is 5.92 Å². The monoisotopic (exact) mass is 186 g/mol. The molecule has 0 N–H and O–H groups in total. The van der Waals surface area contributed by atoms with Gasteiger partial charge in [-0.2, -0.15) is 0 Å². The molecule has 0 heteroatoms. The van der Waals surface area contributed by atoms with Gasteiger partial charge in [0.1, 0.15) is 0 Å². The fourth-order valence-corrected chi connectivity index (χ4v) is 2.43. The predicted octanol–water partition coefficient (Wildman–Crippen LogP) is 4.13. The molecule has 0 aromatic heterocycles. The Kier molecular flexibility index (Phi) is 2.02. The number of allylic oxidation sites excluding steroid dienone is 1. The van der Waals surface area contributed by atoms with E-state index in [1.807, 2.05) is 0 Å². The molecular weight excluding hydrogens is 168 g/mol. The van der Waals surface area contributed by atoms with Crippen LogP contribution in [0.2, 0.25) is 0 Å². The van der Waals surface area contributed by atoms with Gasteiger partial charge in [0.25, 0.3) is 0 Å². The summed E-state index contributed by atoms with van der Waals surface area (Å²) < 4.78 is 0. The van der Waals surface area contributed by atoms with Gasteiger partial charge in [-0.05, 0) is 55.5 Å². The molecule has 74 valence electrons. The quantitative estimate of drug-likeness (QED) is 0.571. The van der Waals surface area contributed by atoms with Crippen LogP contribution in [0.4, 0.5) is 0 Å². The first-order valence-electron chi connectivity index (χ1n) is 5.31. The summed E-state index contributed by atoms with van der Waals surface area (Å²) >= 11 is 0. The third-order valence-corrected chi connectivity index (χ3v) is 3.74. The molecule has 0 fully saturated rings. The third-order valence-electron chi connectivity index (χ3n) is 3.74. The maximum Gasteiger partial charge on any atom is 0.00290 e. The minimum absolute atomic E-state index is 0.615. The number of benzene rings is 1. The highest BCUT2D eigenvalue weighted by molar-refractivity contribution is 5.69. The van der Waals surface area contributed by atoms with Gasteiger partial charge < -0.3 is 0 Å². The standard InChI is InChI=1S/C14H18/c1-8-6-13-7-9(2)11(4)14(13)12(5)10(8)3/h6-7,11H,1-5H3. The largest absolute Gasteiger partial charge is 0.0655 e. The SMILES string of the molecule is CC1=Cc2cc(C)c(C)c(C)c2C1C. The van der Waals surface area contributed by atoms with Crippen LogP contribution in [0.1, 0.15) is 47.6 Å². The van der Waals surface area contributed by atoms with Crippen LogP contribution in [-0.4, -0.2) is 0 Å². The minimum atomic E-state index is 0.615. The zero-order valence-electron chi connectivity index (χ0n) is 9.73. The summed E-state index contributed by atoms with van der Waals surface area (Å²) in [5.74, 6) is 0.615. The van der Waals surface area contributed by atoms with Crippen molar-refractivity contribution in [1.29, 1.82) is 0 Å². The van der Waals surface area contributed by atoms with Crippen molar-refractivity contribution < 1.29 is 0 Å². The molecule has 1 aromatic rings. The summed E-state index contributed by atoms with van der Waals surface area (Å²) in [5.41, 5.74) is 8.84. The van der Waals surface area contributed by atoms with Crippen LogP contribution in [0.15, 0.2) is 11.6 Å². The zero-order chi connectivity index (χ0) is 10.5. The second-order valence-corrected chi connectivity index (χ2v) is 4.56. The van der Waals surface area contributed by atoms with Gasteiger partial charge in [-0.15, -0.1) is 0 Å². The predicted molar refractivity (Wildman–Crippen MR) is 62.7 cm³/mol. The number of rotatable bonds is 0. The molecule has 0 saturated carbocycles. The fourth-order valence-electron chi connectivity index (χ4n) is 2.43. The number of fused-ring (bicyclic) bond motifs is 1. The highest BCUT2D eigenvalue weighted by atomic mass is 14.3. The molecule has 0 heterocycles. The van der Waals surface area contributed by atoms with Gasteiger partial charge in [0.05, 0.1) is 0 Å². The lowest BCUT2D eigenvalue weighted by molar-refractivity contribution is 0.905. The van der Waals surface area contributed by atoms with Crippen molar-refractivity contribution in [2.45, 2.75) is 40.5 Å². The first-order chi connectivity index (χ1) is 6.52. The molecular formula is C14H18. The van der Waals surface area contributed by atoms with Gasteiger partial charge in [0.15, 0.2) is 0 Å². The van der Waals surface area contributed by atoms with E-state index in [-0.39, 0.29) is 0 Å². The molecule has 1 aromatic carbocycles. The summed E-state index contributed by atoms with van der Waals surface area (Å²) in [6, 6.07) is 2.32. The summed E-state index contributed by atoms with van der Waals surface area (Å²) in [5, 5.41) is 0. The van der Waals surface area contributed by atoms with E-state index in [4.69, 9.17) is 0 Å². The van der Waals surface area contributed by atoms with E-state index in [1.165, 1.54) is 27.8 Å². The molecule has 0 spiro atoms. The number of hydrogen-bond donors (Lipinski definition) is 0. The Labute approximate surface area is 86.7 Å². The van der Waals surface area contributed by atoms with Crippen molar-refractivity contribution in [3.63, 3.8) is 0 Å². The van der Waals surface area contributed by atoms with E-state index in [9.17, 15) is 0 Å². The number of aryl methyl sites for hydroxylation is 1. The molecule has 1 aliphatic carbocycles. The molecule has 0 amide bonds. The minimum Gasteiger partial charge on any atom is -0.0655 e. The molecule has 1 unspecified atom stereocenters. The van der Waals surface area contributed by atoms with Crippen LogP contribution in [0.25, 0.3) is 6.08 Å². The van der Waals surface area contributed by atoms with Crippen molar-refractivity contribution in [1.82, 2.24) is 0 Å². The van der Waals surface area contributed by atoms with E-state index >= 15 is 0 Å². The van der Waals surface area contributed by atoms with Crippen LogP contribution < -0.4 is 0 Å². The van der Waals surface area contributed by atoms with Crippen LogP contribution >= 0.6 is 0 Å². The highest BCUT2D eigenvalue weighted by Gasteiger charge is 2.21. The Morgan fingerprint density at radius 3 is 2.29 bits per heavy atom. The van der Waals surface area contributed by atoms with Crippen molar-refractivity contribution in [2.24, 2.45) is 0 Å². The second kappa shape index (κ2) is 2.98. The Morgan fingerprint density at radius 1 is 1.00 bits per heavy atom. The summed E-state index contributed by atoms with van der Waals surface area (Å²) in [4.78, 5) is 0. The Hall–Kier alpha value is -1.04. The third kappa shape index (κ3) is 1.13. The van der Waals surface area contributed by atoms with Gasteiger partial charge in [-0.25, -0.2) is 0 Å². The van der Waals surface area contributed by atoms with Gasteiger partial charge >= 0.3 is 0 Å². The summed E-state index contributed by atoms with van der Waals surface area (Å²) in [6.07, 6.45) is 2.33. The molecule has 0 aliphatic heterocycles. The molecule has 0 saturated heterocycles. The van der Waals surface area contributed by atoms with Crippen LogP contribution in [0, 0.1) is 20.8 Å². The Morgan fingerprint density at radius 2 is 1.64 bits per heavy atom. The average Bonchev–Trinajstić information content (AvgIpc) is 2.39. The first kappa shape index (κ1) is 9.51. The second-order valence-electron chi connectivity index (χ2n) is 4.56. The lowest BCUT2D eigenvalue weighted by Crippen LogP contribution is -1.98. The van der Waals surface area contributed by atoms with Crippen molar-refractivity contribution in [3.8, 4) is 0 Å². The highest BCUT2D eigenvalue weighted by Crippen LogP contribution is 2.39. The number of hydrogen-bond acceptors (Lipinski definition) is 0. The van der Waals surface area contributed by atoms with Gasteiger partial charge in [0, 0.05) is 5.92 Å². The lowest BCUT2D eigenvalue weighted by Gasteiger charge is -2.15. The van der Waals surface area contributed by atoms with E-state index in [2.05, 4.69) is 46.8 Å². The maximum absolute atomic E-state index is 2.33. The van der Waals surface area contributed by atoms with Crippen molar-refractivity contribution in [2.75, 3.05) is 0 Å². The average molecular weight is 186 g/mol. The van der Waals surface area contributed by atoms with E-state index in [1.54, 1.807) is 5.56 Å². The normalized spacial score (nSPS) is 19.5. The Balaban J connectivity index is 2.72. The molecule has 0 bridgehead atoms. The van der Waals surface area contributed by atoms with Crippen molar-refractivity contribution in [3.05, 3.63) is 39.5 Å². The topological polar surface area (TPSA) is 0 Å². The summed E-state index contributed by atoms with van der Waals surface area (Å²) in [6.45, 7) is 11.2. The van der Waals surface area contributed by atoms with Crippen LogP contribution in [-0.2, 0) is 0 Å². The van der Waals surface area contributed by atoms with Crippen LogP contribution in [0.5, 0.6) is 0 Å². The van der Waals surface area contributed by atoms with Gasteiger partial charge in [-0.3, -0.25) is 0 Å².